The van der Waals surface area contributed by atoms with Crippen LogP contribution in [-0.2, 0) is 11.2 Å². The summed E-state index contributed by atoms with van der Waals surface area (Å²) in [7, 11) is 0. The van der Waals surface area contributed by atoms with E-state index in [2.05, 4.69) is 26.2 Å². The van der Waals surface area contributed by atoms with Crippen LogP contribution >= 0.6 is 15.9 Å². The Morgan fingerprint density at radius 2 is 2.05 bits per heavy atom. The van der Waals surface area contributed by atoms with Crippen LogP contribution in [0.15, 0.2) is 41.1 Å². The molecule has 0 unspecified atom stereocenters. The summed E-state index contributed by atoms with van der Waals surface area (Å²) in [5.74, 6) is -0.202. The number of hydrogen-bond acceptors (Lipinski definition) is 4. The van der Waals surface area contributed by atoms with Gasteiger partial charge in [-0.15, -0.1) is 0 Å². The molecule has 108 valence electrons. The van der Waals surface area contributed by atoms with E-state index in [9.17, 15) is 14.9 Å². The molecule has 2 aromatic rings. The Balaban J connectivity index is 2.01. The molecule has 0 saturated heterocycles. The lowest BCUT2D eigenvalue weighted by molar-refractivity contribution is -0.384. The van der Waals surface area contributed by atoms with Gasteiger partial charge in [0.15, 0.2) is 0 Å². The second kappa shape index (κ2) is 6.45. The molecule has 0 aliphatic heterocycles. The summed E-state index contributed by atoms with van der Waals surface area (Å²) in [5, 5.41) is 13.3. The van der Waals surface area contributed by atoms with Gasteiger partial charge in [0, 0.05) is 12.1 Å². The summed E-state index contributed by atoms with van der Waals surface area (Å²) in [6, 6.07) is 7.72. The van der Waals surface area contributed by atoms with Crippen molar-refractivity contribution in [3.8, 4) is 0 Å². The SMILES string of the molecule is Cc1cc(NC(=O)Cc2ccc([N+](=O)[O-])cc2)cnc1Br. The lowest BCUT2D eigenvalue weighted by atomic mass is 10.1. The molecule has 21 heavy (non-hydrogen) atoms. The molecule has 0 spiro atoms. The minimum Gasteiger partial charge on any atom is -0.324 e. The second-order valence-corrected chi connectivity index (χ2v) is 5.23. The quantitative estimate of drug-likeness (QED) is 0.521. The van der Waals surface area contributed by atoms with Gasteiger partial charge in [0.25, 0.3) is 5.69 Å². The van der Waals surface area contributed by atoms with Crippen molar-refractivity contribution in [3.05, 3.63) is 62.4 Å². The van der Waals surface area contributed by atoms with Gasteiger partial charge >= 0.3 is 0 Å². The molecule has 6 nitrogen and oxygen atoms in total. The van der Waals surface area contributed by atoms with Crippen molar-refractivity contribution in [1.29, 1.82) is 0 Å². The van der Waals surface area contributed by atoms with Gasteiger partial charge in [-0.25, -0.2) is 4.98 Å². The zero-order valence-electron chi connectivity index (χ0n) is 11.2. The Labute approximate surface area is 129 Å². The Kier molecular flexibility index (Phi) is 4.64. The van der Waals surface area contributed by atoms with Gasteiger partial charge in [-0.05, 0) is 40.0 Å². The molecule has 2 rings (SSSR count). The van der Waals surface area contributed by atoms with Crippen LogP contribution in [0.4, 0.5) is 11.4 Å². The maximum absolute atomic E-state index is 11.9. The average molecular weight is 350 g/mol. The summed E-state index contributed by atoms with van der Waals surface area (Å²) in [6.45, 7) is 1.88. The predicted molar refractivity (Wildman–Crippen MR) is 82.1 cm³/mol. The Morgan fingerprint density at radius 1 is 1.38 bits per heavy atom. The number of non-ortho nitro benzene ring substituents is 1. The highest BCUT2D eigenvalue weighted by atomic mass is 79.9. The summed E-state index contributed by atoms with van der Waals surface area (Å²) >= 11 is 3.29. The van der Waals surface area contributed by atoms with Crippen LogP contribution in [0.5, 0.6) is 0 Å². The highest BCUT2D eigenvalue weighted by Crippen LogP contribution is 2.17. The average Bonchev–Trinajstić information content (AvgIpc) is 2.43. The first kappa shape index (κ1) is 15.1. The van der Waals surface area contributed by atoms with Crippen LogP contribution in [0.1, 0.15) is 11.1 Å². The third-order valence-corrected chi connectivity index (χ3v) is 3.64. The molecule has 0 saturated carbocycles. The van der Waals surface area contributed by atoms with Crippen molar-refractivity contribution in [2.24, 2.45) is 0 Å². The van der Waals surface area contributed by atoms with Crippen molar-refractivity contribution >= 4 is 33.2 Å². The fourth-order valence-corrected chi connectivity index (χ4v) is 1.97. The topological polar surface area (TPSA) is 85.1 Å². The van der Waals surface area contributed by atoms with Gasteiger partial charge < -0.3 is 5.32 Å². The molecule has 0 atom stereocenters. The molecule has 1 aromatic carbocycles. The number of rotatable bonds is 4. The molecule has 0 aliphatic rings. The number of aryl methyl sites for hydroxylation is 1. The first-order chi connectivity index (χ1) is 9.95. The molecule has 1 aromatic heterocycles. The van der Waals surface area contributed by atoms with E-state index < -0.39 is 4.92 Å². The molecule has 0 radical (unpaired) electrons. The van der Waals surface area contributed by atoms with Gasteiger partial charge in [-0.3, -0.25) is 14.9 Å². The van der Waals surface area contributed by atoms with Crippen LogP contribution in [0.25, 0.3) is 0 Å². The van der Waals surface area contributed by atoms with E-state index in [0.29, 0.717) is 11.3 Å². The number of aromatic nitrogens is 1. The summed E-state index contributed by atoms with van der Waals surface area (Å²) in [5.41, 5.74) is 2.25. The number of hydrogen-bond donors (Lipinski definition) is 1. The van der Waals surface area contributed by atoms with E-state index in [1.807, 2.05) is 13.0 Å². The number of nitro groups is 1. The molecule has 0 aliphatic carbocycles. The highest BCUT2D eigenvalue weighted by Gasteiger charge is 2.08. The maximum atomic E-state index is 11.9. The van der Waals surface area contributed by atoms with Crippen LogP contribution in [0.3, 0.4) is 0 Å². The number of pyridine rings is 1. The highest BCUT2D eigenvalue weighted by molar-refractivity contribution is 9.10. The van der Waals surface area contributed by atoms with Crippen LogP contribution in [0.2, 0.25) is 0 Å². The number of nitro benzene ring substituents is 1. The van der Waals surface area contributed by atoms with Crippen LogP contribution in [-0.4, -0.2) is 15.8 Å². The van der Waals surface area contributed by atoms with Crippen molar-refractivity contribution in [3.63, 3.8) is 0 Å². The number of halogens is 1. The van der Waals surface area contributed by atoms with Gasteiger partial charge in [0.2, 0.25) is 5.91 Å². The molecule has 1 heterocycles. The van der Waals surface area contributed by atoms with Gasteiger partial charge in [-0.2, -0.15) is 0 Å². The van der Waals surface area contributed by atoms with Crippen LogP contribution < -0.4 is 5.32 Å². The number of carbonyl (C=O) groups excluding carboxylic acids is 1. The third kappa shape index (κ3) is 4.09. The Morgan fingerprint density at radius 3 is 2.62 bits per heavy atom. The minimum atomic E-state index is -0.472. The van der Waals surface area contributed by atoms with Crippen molar-refractivity contribution < 1.29 is 9.72 Å². The molecule has 0 fully saturated rings. The predicted octanol–water partition coefficient (Wildman–Crippen LogP) is 3.24. The molecule has 1 amide bonds. The van der Waals surface area contributed by atoms with E-state index in [1.54, 1.807) is 18.3 Å². The fraction of sp³-hybridized carbons (Fsp3) is 0.143. The summed E-state index contributed by atoms with van der Waals surface area (Å²) < 4.78 is 0.732. The van der Waals surface area contributed by atoms with E-state index in [0.717, 1.165) is 10.2 Å². The van der Waals surface area contributed by atoms with Crippen molar-refractivity contribution in [2.75, 3.05) is 5.32 Å². The number of carbonyl (C=O) groups is 1. The molecule has 0 bridgehead atoms. The number of nitrogens with one attached hydrogen (secondary N) is 1. The van der Waals surface area contributed by atoms with Crippen LogP contribution in [0, 0.1) is 17.0 Å². The van der Waals surface area contributed by atoms with E-state index in [4.69, 9.17) is 0 Å². The number of amides is 1. The molecule has 1 N–H and O–H groups in total. The standard InChI is InChI=1S/C14H12BrN3O3/c1-9-6-11(8-16-14(9)15)17-13(19)7-10-2-4-12(5-3-10)18(20)21/h2-6,8H,7H2,1H3,(H,17,19). The monoisotopic (exact) mass is 349 g/mol. The molecular weight excluding hydrogens is 338 g/mol. The second-order valence-electron chi connectivity index (χ2n) is 4.48. The van der Waals surface area contributed by atoms with Crippen molar-refractivity contribution in [2.45, 2.75) is 13.3 Å². The van der Waals surface area contributed by atoms with Gasteiger partial charge in [0.05, 0.1) is 23.2 Å². The number of anilines is 1. The lowest BCUT2D eigenvalue weighted by Gasteiger charge is -2.06. The van der Waals surface area contributed by atoms with Gasteiger partial charge in [-0.1, -0.05) is 12.1 Å². The van der Waals surface area contributed by atoms with E-state index in [1.165, 1.54) is 12.1 Å². The zero-order valence-corrected chi connectivity index (χ0v) is 12.8. The first-order valence-electron chi connectivity index (χ1n) is 6.11. The minimum absolute atomic E-state index is 0.00638. The molecular formula is C14H12BrN3O3. The summed E-state index contributed by atoms with van der Waals surface area (Å²) in [6.07, 6.45) is 1.71. The van der Waals surface area contributed by atoms with E-state index >= 15 is 0 Å². The fourth-order valence-electron chi connectivity index (χ4n) is 1.75. The maximum Gasteiger partial charge on any atom is 0.269 e. The largest absolute Gasteiger partial charge is 0.324 e. The summed E-state index contributed by atoms with van der Waals surface area (Å²) in [4.78, 5) is 26.1. The Bertz CT molecular complexity index is 686. The van der Waals surface area contributed by atoms with E-state index in [-0.39, 0.29) is 18.0 Å². The number of nitrogens with zero attached hydrogens (tertiary/aromatic N) is 2. The first-order valence-corrected chi connectivity index (χ1v) is 6.90. The lowest BCUT2D eigenvalue weighted by Crippen LogP contribution is -2.14. The molecule has 7 heteroatoms. The zero-order chi connectivity index (χ0) is 15.4. The third-order valence-electron chi connectivity index (χ3n) is 2.81. The smallest absolute Gasteiger partial charge is 0.269 e. The van der Waals surface area contributed by atoms with Gasteiger partial charge in [0.1, 0.15) is 4.60 Å². The normalized spacial score (nSPS) is 10.2. The Hall–Kier alpha value is -2.28. The number of benzene rings is 1. The van der Waals surface area contributed by atoms with Crippen molar-refractivity contribution in [1.82, 2.24) is 4.98 Å².